The number of amides is 1. The van der Waals surface area contributed by atoms with E-state index in [0.717, 1.165) is 55.7 Å². The van der Waals surface area contributed by atoms with E-state index in [1.54, 1.807) is 0 Å². The maximum Gasteiger partial charge on any atom is 0.270 e. The standard InChI is InChI=1S/C35H44N4O2/c1-5-36(4)22-29-26-15-11-16-28-32(26)39(34(29)35(41)37(6-2)7-3)20-12-19-38-30-21-24(23-40)17-18-27(30)31(33(28)38)25-13-9-8-10-14-25/h11,15-18,21,23,25H,5-10,12-14,19-20,22H2,1-4H3. The number of aldehydes is 1. The Morgan fingerprint density at radius 3 is 2.39 bits per heavy atom. The molecule has 0 atom stereocenters. The molecule has 6 nitrogen and oxygen atoms in total. The second-order valence-corrected chi connectivity index (χ2v) is 12.0. The summed E-state index contributed by atoms with van der Waals surface area (Å²) in [5.74, 6) is 0.644. The average Bonchev–Trinajstić information content (AvgIpc) is 3.48. The molecule has 1 aliphatic heterocycles. The first kappa shape index (κ1) is 27.8. The molecule has 0 N–H and O–H groups in total. The lowest BCUT2D eigenvalue weighted by molar-refractivity contribution is 0.0760. The molecule has 0 bridgehead atoms. The molecule has 1 aliphatic carbocycles. The van der Waals surface area contributed by atoms with E-state index in [2.05, 4.69) is 72.2 Å². The fourth-order valence-corrected chi connectivity index (χ4v) is 7.52. The van der Waals surface area contributed by atoms with Crippen molar-refractivity contribution in [1.82, 2.24) is 18.9 Å². The van der Waals surface area contributed by atoms with Gasteiger partial charge in [-0.2, -0.15) is 0 Å². The number of aromatic nitrogens is 2. The molecule has 2 aliphatic rings. The van der Waals surface area contributed by atoms with Crippen molar-refractivity contribution in [2.75, 3.05) is 26.7 Å². The van der Waals surface area contributed by atoms with Crippen LogP contribution in [0.1, 0.15) is 97.2 Å². The minimum Gasteiger partial charge on any atom is -0.340 e. The number of carbonyl (C=O) groups is 2. The van der Waals surface area contributed by atoms with Gasteiger partial charge in [-0.3, -0.25) is 9.59 Å². The van der Waals surface area contributed by atoms with Crippen molar-refractivity contribution >= 4 is 34.0 Å². The summed E-state index contributed by atoms with van der Waals surface area (Å²) in [5, 5.41) is 2.49. The Kier molecular flexibility index (Phi) is 7.78. The number of hydrogen-bond acceptors (Lipinski definition) is 3. The van der Waals surface area contributed by atoms with Gasteiger partial charge in [0, 0.05) is 65.7 Å². The summed E-state index contributed by atoms with van der Waals surface area (Å²) in [7, 11) is 2.14. The Labute approximate surface area is 243 Å². The van der Waals surface area contributed by atoms with Crippen LogP contribution in [0.25, 0.3) is 33.1 Å². The smallest absolute Gasteiger partial charge is 0.270 e. The number of rotatable bonds is 8. The Balaban J connectivity index is 1.70. The predicted molar refractivity (Wildman–Crippen MR) is 168 cm³/mol. The molecule has 1 amide bonds. The number of nitrogens with zero attached hydrogens (tertiary/aromatic N) is 4. The van der Waals surface area contributed by atoms with Gasteiger partial charge in [-0.25, -0.2) is 0 Å². The van der Waals surface area contributed by atoms with Gasteiger partial charge in [-0.05, 0) is 64.3 Å². The molecule has 3 heterocycles. The number of carbonyl (C=O) groups excluding carboxylic acids is 2. The van der Waals surface area contributed by atoms with Crippen LogP contribution in [0.2, 0.25) is 0 Å². The van der Waals surface area contributed by atoms with Crippen LogP contribution in [0.3, 0.4) is 0 Å². The van der Waals surface area contributed by atoms with E-state index in [1.165, 1.54) is 70.7 Å². The zero-order valence-corrected chi connectivity index (χ0v) is 25.2. The maximum atomic E-state index is 14.2. The third-order valence-electron chi connectivity index (χ3n) is 9.70. The van der Waals surface area contributed by atoms with E-state index >= 15 is 0 Å². The Bertz CT molecular complexity index is 1600. The molecule has 2 aromatic heterocycles. The highest BCUT2D eigenvalue weighted by Crippen LogP contribution is 2.47. The molecular weight excluding hydrogens is 508 g/mol. The van der Waals surface area contributed by atoms with Crippen molar-refractivity contribution in [3.05, 3.63) is 58.8 Å². The van der Waals surface area contributed by atoms with Gasteiger partial charge in [0.2, 0.25) is 0 Å². The first-order valence-electron chi connectivity index (χ1n) is 15.8. The van der Waals surface area contributed by atoms with E-state index in [9.17, 15) is 9.59 Å². The van der Waals surface area contributed by atoms with Crippen LogP contribution in [0.4, 0.5) is 0 Å². The number of fused-ring (bicyclic) bond motifs is 4. The highest BCUT2D eigenvalue weighted by Gasteiger charge is 2.32. The molecule has 6 heteroatoms. The van der Waals surface area contributed by atoms with Gasteiger partial charge in [0.05, 0.1) is 11.2 Å². The monoisotopic (exact) mass is 552 g/mol. The zero-order valence-electron chi connectivity index (χ0n) is 25.2. The molecule has 41 heavy (non-hydrogen) atoms. The molecule has 1 fully saturated rings. The predicted octanol–water partition coefficient (Wildman–Crippen LogP) is 7.46. The quantitative estimate of drug-likeness (QED) is 0.213. The van der Waals surface area contributed by atoms with Gasteiger partial charge in [0.25, 0.3) is 5.91 Å². The van der Waals surface area contributed by atoms with Crippen LogP contribution in [0.15, 0.2) is 36.4 Å². The lowest BCUT2D eigenvalue weighted by atomic mass is 9.81. The van der Waals surface area contributed by atoms with E-state index in [-0.39, 0.29) is 5.91 Å². The Morgan fingerprint density at radius 1 is 0.927 bits per heavy atom. The fourth-order valence-electron chi connectivity index (χ4n) is 7.52. The summed E-state index contributed by atoms with van der Waals surface area (Å²) >= 11 is 0. The largest absolute Gasteiger partial charge is 0.340 e. The zero-order chi connectivity index (χ0) is 28.7. The summed E-state index contributed by atoms with van der Waals surface area (Å²) < 4.78 is 4.87. The second-order valence-electron chi connectivity index (χ2n) is 12.0. The Morgan fingerprint density at radius 2 is 1.68 bits per heavy atom. The van der Waals surface area contributed by atoms with Crippen molar-refractivity contribution in [3.8, 4) is 11.3 Å². The Hall–Kier alpha value is -3.38. The number of benzene rings is 2. The van der Waals surface area contributed by atoms with Gasteiger partial charge in [0.15, 0.2) is 0 Å². The minimum atomic E-state index is 0.140. The van der Waals surface area contributed by atoms with Crippen LogP contribution >= 0.6 is 0 Å². The molecular formula is C35H44N4O2. The highest BCUT2D eigenvalue weighted by atomic mass is 16.2. The van der Waals surface area contributed by atoms with E-state index in [4.69, 9.17) is 0 Å². The van der Waals surface area contributed by atoms with Gasteiger partial charge < -0.3 is 18.9 Å². The molecule has 0 unspecified atom stereocenters. The highest BCUT2D eigenvalue weighted by molar-refractivity contribution is 6.07. The SMILES string of the molecule is CCN(C)Cc1c(C(=O)N(CC)CC)n2c3c(cccc13)-c1c(C3CCCCC3)c3ccc(C=O)cc3n1CCC2. The van der Waals surface area contributed by atoms with Crippen molar-refractivity contribution in [2.45, 2.75) is 84.8 Å². The molecule has 1 saturated carbocycles. The lowest BCUT2D eigenvalue weighted by Crippen LogP contribution is -2.33. The van der Waals surface area contributed by atoms with Crippen LogP contribution < -0.4 is 0 Å². The third kappa shape index (κ3) is 4.61. The molecule has 0 spiro atoms. The molecule has 6 rings (SSSR count). The van der Waals surface area contributed by atoms with E-state index in [0.29, 0.717) is 19.0 Å². The van der Waals surface area contributed by atoms with Crippen molar-refractivity contribution in [1.29, 1.82) is 0 Å². The van der Waals surface area contributed by atoms with Gasteiger partial charge >= 0.3 is 0 Å². The summed E-state index contributed by atoms with van der Waals surface area (Å²) in [6, 6.07) is 13.0. The molecule has 4 aromatic rings. The van der Waals surface area contributed by atoms with Crippen LogP contribution in [-0.4, -0.2) is 57.8 Å². The van der Waals surface area contributed by atoms with Crippen molar-refractivity contribution < 1.29 is 9.59 Å². The normalized spacial score (nSPS) is 15.7. The summed E-state index contributed by atoms with van der Waals surface area (Å²) in [6.45, 7) is 11.0. The van der Waals surface area contributed by atoms with E-state index in [1.807, 2.05) is 11.0 Å². The van der Waals surface area contributed by atoms with E-state index < -0.39 is 0 Å². The third-order valence-corrected chi connectivity index (χ3v) is 9.70. The first-order valence-corrected chi connectivity index (χ1v) is 15.8. The van der Waals surface area contributed by atoms with Gasteiger partial charge in [0.1, 0.15) is 12.0 Å². The molecule has 2 aromatic carbocycles. The lowest BCUT2D eigenvalue weighted by Gasteiger charge is -2.26. The molecule has 0 radical (unpaired) electrons. The fraction of sp³-hybridized carbons (Fsp3) is 0.486. The average molecular weight is 553 g/mol. The number of hydrogen-bond donors (Lipinski definition) is 0. The van der Waals surface area contributed by atoms with Gasteiger partial charge in [-0.15, -0.1) is 0 Å². The summed E-state index contributed by atoms with van der Waals surface area (Å²) in [5.41, 5.74) is 9.09. The summed E-state index contributed by atoms with van der Waals surface area (Å²) in [6.07, 6.45) is 8.14. The number of aryl methyl sites for hydroxylation is 2. The van der Waals surface area contributed by atoms with Crippen molar-refractivity contribution in [2.24, 2.45) is 0 Å². The van der Waals surface area contributed by atoms with Crippen LogP contribution in [0, 0.1) is 0 Å². The van der Waals surface area contributed by atoms with Gasteiger partial charge in [-0.1, -0.05) is 56.5 Å². The maximum absolute atomic E-state index is 14.2. The number of para-hydroxylation sites is 1. The topological polar surface area (TPSA) is 50.5 Å². The van der Waals surface area contributed by atoms with Crippen molar-refractivity contribution in [3.63, 3.8) is 0 Å². The summed E-state index contributed by atoms with van der Waals surface area (Å²) in [4.78, 5) is 30.3. The minimum absolute atomic E-state index is 0.140. The molecule has 216 valence electrons. The van der Waals surface area contributed by atoms with Crippen LogP contribution in [-0.2, 0) is 19.6 Å². The first-order chi connectivity index (χ1) is 20.0. The van der Waals surface area contributed by atoms with Crippen LogP contribution in [0.5, 0.6) is 0 Å². The molecule has 0 saturated heterocycles. The second kappa shape index (κ2) is 11.5.